The van der Waals surface area contributed by atoms with Gasteiger partial charge in [-0.25, -0.2) is 0 Å². The van der Waals surface area contributed by atoms with Crippen molar-refractivity contribution in [3.63, 3.8) is 0 Å². The van der Waals surface area contributed by atoms with Crippen molar-refractivity contribution in [3.05, 3.63) is 265 Å². The molecule has 0 saturated carbocycles. The first-order valence-corrected chi connectivity index (χ1v) is 23.3. The molecule has 0 aliphatic rings. The highest BCUT2D eigenvalue weighted by Gasteiger charge is 2.17. The fraction of sp³-hybridized carbons (Fsp3) is 0.0938. The Morgan fingerprint density at radius 2 is 0.687 bits per heavy atom. The maximum atomic E-state index is 2.36. The Balaban J connectivity index is 1.14. The normalized spacial score (nSPS) is 11.4. The van der Waals surface area contributed by atoms with Crippen molar-refractivity contribution >= 4 is 45.5 Å². The van der Waals surface area contributed by atoms with E-state index in [1.807, 2.05) is 0 Å². The van der Waals surface area contributed by atoms with Gasteiger partial charge in [-0.05, 0) is 206 Å². The summed E-state index contributed by atoms with van der Waals surface area (Å²) in [4.78, 5) is 7.01. The molecule has 0 amide bonds. The van der Waals surface area contributed by atoms with Gasteiger partial charge < -0.3 is 14.7 Å². The van der Waals surface area contributed by atoms with Gasteiger partial charge >= 0.3 is 0 Å². The summed E-state index contributed by atoms with van der Waals surface area (Å²) in [5.74, 6) is 0. The Labute approximate surface area is 397 Å². The number of benzene rings is 9. The summed E-state index contributed by atoms with van der Waals surface area (Å²) < 4.78 is 0. The van der Waals surface area contributed by atoms with Crippen LogP contribution in [0, 0.1) is 20.8 Å². The number of aryl methyl sites for hydroxylation is 3. The molecular weight excluding hydrogens is 811 g/mol. The first-order valence-electron chi connectivity index (χ1n) is 23.3. The smallest absolute Gasteiger partial charge is 0.0464 e. The molecule has 0 aliphatic heterocycles. The third-order valence-electron chi connectivity index (χ3n) is 12.1. The minimum Gasteiger partial charge on any atom is -0.311 e. The molecule has 9 rings (SSSR count). The van der Waals surface area contributed by atoms with Crippen LogP contribution in [0.1, 0.15) is 37.0 Å². The first-order chi connectivity index (χ1) is 32.8. The third-order valence-corrected chi connectivity index (χ3v) is 12.1. The quantitative estimate of drug-likeness (QED) is 0.101. The molecule has 67 heavy (non-hydrogen) atoms. The zero-order chi connectivity index (χ0) is 46.1. The maximum absolute atomic E-state index is 2.36. The predicted molar refractivity (Wildman–Crippen MR) is 288 cm³/mol. The highest BCUT2D eigenvalue weighted by molar-refractivity contribution is 5.85. The molecule has 0 bridgehead atoms. The van der Waals surface area contributed by atoms with Gasteiger partial charge in [-0.3, -0.25) is 0 Å². The van der Waals surface area contributed by atoms with Crippen LogP contribution in [0.15, 0.2) is 248 Å². The summed E-state index contributed by atoms with van der Waals surface area (Å²) in [5.41, 5.74) is 20.7. The Morgan fingerprint density at radius 3 is 1.06 bits per heavy atom. The van der Waals surface area contributed by atoms with Crippen LogP contribution in [-0.4, -0.2) is 0 Å². The summed E-state index contributed by atoms with van der Waals surface area (Å²) in [6.07, 6.45) is 7.55. The second-order valence-corrected chi connectivity index (χ2v) is 17.2. The fourth-order valence-corrected chi connectivity index (χ4v) is 8.95. The number of hydrogen-bond donors (Lipinski definition) is 0. The lowest BCUT2D eigenvalue weighted by molar-refractivity contribution is 1.13. The minimum absolute atomic E-state index is 0.935. The fourth-order valence-electron chi connectivity index (χ4n) is 8.95. The summed E-state index contributed by atoms with van der Waals surface area (Å²) in [5, 5.41) is 0. The number of anilines is 8. The van der Waals surface area contributed by atoms with E-state index in [2.05, 4.69) is 292 Å². The molecule has 3 nitrogen and oxygen atoms in total. The van der Waals surface area contributed by atoms with E-state index in [4.69, 9.17) is 0 Å². The Hall–Kier alpha value is -8.14. The summed E-state index contributed by atoms with van der Waals surface area (Å²) in [6.45, 7) is 10.7. The van der Waals surface area contributed by atoms with Crippen LogP contribution >= 0.6 is 0 Å². The van der Waals surface area contributed by atoms with Crippen LogP contribution in [0.25, 0.3) is 33.4 Å². The topological polar surface area (TPSA) is 9.72 Å². The molecule has 0 aliphatic carbocycles. The van der Waals surface area contributed by atoms with E-state index in [0.29, 0.717) is 0 Å². The lowest BCUT2D eigenvalue weighted by Gasteiger charge is -2.27. The Kier molecular flexibility index (Phi) is 13.4. The van der Waals surface area contributed by atoms with Gasteiger partial charge in [0.15, 0.2) is 0 Å². The summed E-state index contributed by atoms with van der Waals surface area (Å²) >= 11 is 0. The standard InChI is InChI=1S/C64H57N3/c1-6-17-56(18-7-2)65(62-26-14-19-47(3)41-62)59-35-29-50(30-36-59)53-44-54(51-31-37-60(38-32-51)66(57-22-10-8-11-23-57)63-27-15-20-48(4)42-63)46-55(45-53)52-33-39-61(40-34-52)67(58-24-12-9-13-25-58)64-28-16-21-49(5)43-64/h6,8-46H,7H2,1-5H3/b17-6-,56-18+. The van der Waals surface area contributed by atoms with Crippen molar-refractivity contribution < 1.29 is 0 Å². The lowest BCUT2D eigenvalue weighted by atomic mass is 9.93. The van der Waals surface area contributed by atoms with E-state index >= 15 is 0 Å². The van der Waals surface area contributed by atoms with Gasteiger partial charge in [0.05, 0.1) is 0 Å². The van der Waals surface area contributed by atoms with Gasteiger partial charge in [-0.1, -0.05) is 128 Å². The van der Waals surface area contributed by atoms with E-state index in [1.54, 1.807) is 0 Å². The maximum Gasteiger partial charge on any atom is 0.0464 e. The highest BCUT2D eigenvalue weighted by atomic mass is 15.2. The third kappa shape index (κ3) is 10.1. The first kappa shape index (κ1) is 44.1. The van der Waals surface area contributed by atoms with Crippen LogP contribution in [0.2, 0.25) is 0 Å². The van der Waals surface area contributed by atoms with E-state index in [1.165, 1.54) is 16.7 Å². The largest absolute Gasteiger partial charge is 0.311 e. The molecule has 0 heterocycles. The summed E-state index contributed by atoms with van der Waals surface area (Å²) in [6, 6.07) is 81.5. The van der Waals surface area contributed by atoms with Gasteiger partial charge in [-0.2, -0.15) is 0 Å². The molecule has 3 heteroatoms. The molecule has 0 saturated heterocycles. The van der Waals surface area contributed by atoms with E-state index in [9.17, 15) is 0 Å². The van der Waals surface area contributed by atoms with Crippen LogP contribution in [0.3, 0.4) is 0 Å². The monoisotopic (exact) mass is 867 g/mol. The van der Waals surface area contributed by atoms with Gasteiger partial charge in [0.1, 0.15) is 0 Å². The minimum atomic E-state index is 0.935. The van der Waals surface area contributed by atoms with Crippen molar-refractivity contribution in [2.75, 3.05) is 14.7 Å². The van der Waals surface area contributed by atoms with Crippen LogP contribution in [0.5, 0.6) is 0 Å². The molecule has 0 spiro atoms. The average Bonchev–Trinajstić information content (AvgIpc) is 3.36. The van der Waals surface area contributed by atoms with Crippen LogP contribution in [-0.2, 0) is 0 Å². The number of nitrogens with zero attached hydrogens (tertiary/aromatic N) is 3. The highest BCUT2D eigenvalue weighted by Crippen LogP contribution is 2.41. The number of allylic oxidation sites excluding steroid dienone is 3. The SMILES string of the molecule is C/C=C\C(=C/CC)N(c1ccc(-c2cc(-c3ccc(N(c4ccccc4)c4cccc(C)c4)cc3)cc(-c3ccc(N(c4ccccc4)c4cccc(C)c4)cc3)c2)cc1)c1cccc(C)c1. The molecule has 0 atom stereocenters. The number of hydrogen-bond acceptors (Lipinski definition) is 3. The predicted octanol–water partition coefficient (Wildman–Crippen LogP) is 18.6. The van der Waals surface area contributed by atoms with E-state index < -0.39 is 0 Å². The molecule has 0 fully saturated rings. The average molecular weight is 868 g/mol. The second-order valence-electron chi connectivity index (χ2n) is 17.2. The molecular formula is C64H57N3. The molecule has 0 radical (unpaired) electrons. The molecule has 0 aromatic heterocycles. The lowest BCUT2D eigenvalue weighted by Crippen LogP contribution is -2.15. The molecule has 0 unspecified atom stereocenters. The van der Waals surface area contributed by atoms with Crippen LogP contribution < -0.4 is 14.7 Å². The van der Waals surface area contributed by atoms with Crippen molar-refractivity contribution in [2.45, 2.75) is 41.0 Å². The zero-order valence-electron chi connectivity index (χ0n) is 39.1. The van der Waals surface area contributed by atoms with Crippen molar-refractivity contribution in [1.29, 1.82) is 0 Å². The van der Waals surface area contributed by atoms with Gasteiger partial charge in [0.25, 0.3) is 0 Å². The van der Waals surface area contributed by atoms with E-state index in [-0.39, 0.29) is 0 Å². The Morgan fingerprint density at radius 1 is 0.343 bits per heavy atom. The molecule has 0 N–H and O–H groups in total. The number of rotatable bonds is 14. The number of para-hydroxylation sites is 2. The van der Waals surface area contributed by atoms with Gasteiger partial charge in [-0.15, -0.1) is 0 Å². The molecule has 9 aromatic rings. The Bertz CT molecular complexity index is 2980. The second kappa shape index (κ2) is 20.4. The molecule has 9 aromatic carbocycles. The summed E-state index contributed by atoms with van der Waals surface area (Å²) in [7, 11) is 0. The van der Waals surface area contributed by atoms with Crippen LogP contribution in [0.4, 0.5) is 45.5 Å². The zero-order valence-corrected chi connectivity index (χ0v) is 39.1. The van der Waals surface area contributed by atoms with Crippen molar-refractivity contribution in [3.8, 4) is 33.4 Å². The van der Waals surface area contributed by atoms with Crippen molar-refractivity contribution in [2.24, 2.45) is 0 Å². The molecule has 328 valence electrons. The van der Waals surface area contributed by atoms with Gasteiger partial charge in [0, 0.05) is 51.2 Å². The van der Waals surface area contributed by atoms with Crippen molar-refractivity contribution in [1.82, 2.24) is 0 Å². The van der Waals surface area contributed by atoms with Gasteiger partial charge in [0.2, 0.25) is 0 Å². The van der Waals surface area contributed by atoms with E-state index in [0.717, 1.165) is 91.0 Å².